The first-order valence-electron chi connectivity index (χ1n) is 6.61. The van der Waals surface area contributed by atoms with E-state index in [4.69, 9.17) is 4.74 Å². The maximum absolute atomic E-state index is 12.4. The van der Waals surface area contributed by atoms with Crippen LogP contribution in [0.5, 0.6) is 0 Å². The Bertz CT molecular complexity index is 250. The van der Waals surface area contributed by atoms with Crippen LogP contribution in [0.4, 0.5) is 0 Å². The molecule has 1 fully saturated rings. The Morgan fingerprint density at radius 2 is 2.17 bits per heavy atom. The lowest BCUT2D eigenvalue weighted by Crippen LogP contribution is -2.50. The summed E-state index contributed by atoms with van der Waals surface area (Å²) in [5, 5.41) is 6.40. The fraction of sp³-hybridized carbons (Fsp3) is 0.923. The minimum atomic E-state index is -0.320. The van der Waals surface area contributed by atoms with Gasteiger partial charge in [-0.3, -0.25) is 4.79 Å². The molecule has 1 amide bonds. The highest BCUT2D eigenvalue weighted by Crippen LogP contribution is 2.29. The van der Waals surface area contributed by atoms with E-state index in [1.54, 1.807) is 7.11 Å². The standard InChI is InChI=1S/C13H26N2O2S/c1-11(9-18-3)8-15-12(16)13(10-17-2)4-6-14-7-5-13/h11,14H,4-10H2,1-3H3,(H,15,16). The largest absolute Gasteiger partial charge is 0.384 e. The first kappa shape index (κ1) is 15.8. The molecule has 2 N–H and O–H groups in total. The zero-order valence-electron chi connectivity index (χ0n) is 11.8. The van der Waals surface area contributed by atoms with Gasteiger partial charge in [0.1, 0.15) is 0 Å². The number of thioether (sulfide) groups is 1. The summed E-state index contributed by atoms with van der Waals surface area (Å²) in [6.45, 7) is 5.26. The van der Waals surface area contributed by atoms with Crippen LogP contribution in [-0.4, -0.2) is 51.3 Å². The minimum Gasteiger partial charge on any atom is -0.384 e. The number of piperidine rings is 1. The number of hydrogen-bond donors (Lipinski definition) is 2. The average molecular weight is 274 g/mol. The summed E-state index contributed by atoms with van der Waals surface area (Å²) in [7, 11) is 1.67. The van der Waals surface area contributed by atoms with E-state index in [-0.39, 0.29) is 11.3 Å². The first-order valence-corrected chi connectivity index (χ1v) is 8.01. The van der Waals surface area contributed by atoms with E-state index in [2.05, 4.69) is 23.8 Å². The molecule has 106 valence electrons. The van der Waals surface area contributed by atoms with Gasteiger partial charge in [0.15, 0.2) is 0 Å². The Hall–Kier alpha value is -0.260. The second-order valence-electron chi connectivity index (χ2n) is 5.23. The van der Waals surface area contributed by atoms with E-state index in [1.165, 1.54) is 0 Å². The minimum absolute atomic E-state index is 0.166. The Labute approximate surface area is 115 Å². The van der Waals surface area contributed by atoms with Crippen LogP contribution in [-0.2, 0) is 9.53 Å². The summed E-state index contributed by atoms with van der Waals surface area (Å²) in [5.41, 5.74) is -0.320. The van der Waals surface area contributed by atoms with Crippen molar-refractivity contribution in [2.45, 2.75) is 19.8 Å². The Kier molecular flexibility index (Phi) is 7.04. The molecule has 1 rings (SSSR count). The van der Waals surface area contributed by atoms with Gasteiger partial charge in [-0.25, -0.2) is 0 Å². The number of rotatable bonds is 7. The van der Waals surface area contributed by atoms with Gasteiger partial charge in [0, 0.05) is 13.7 Å². The number of nitrogens with one attached hydrogen (secondary N) is 2. The molecule has 1 aliphatic heterocycles. The second kappa shape index (κ2) is 8.02. The summed E-state index contributed by atoms with van der Waals surface area (Å²) < 4.78 is 5.27. The van der Waals surface area contributed by atoms with Crippen LogP contribution in [0.15, 0.2) is 0 Å². The first-order chi connectivity index (χ1) is 8.64. The summed E-state index contributed by atoms with van der Waals surface area (Å²) in [4.78, 5) is 12.4. The van der Waals surface area contributed by atoms with E-state index in [1.807, 2.05) is 11.8 Å². The van der Waals surface area contributed by atoms with Crippen molar-refractivity contribution < 1.29 is 9.53 Å². The van der Waals surface area contributed by atoms with Crippen molar-refractivity contribution in [1.29, 1.82) is 0 Å². The van der Waals surface area contributed by atoms with Gasteiger partial charge in [-0.15, -0.1) is 0 Å². The van der Waals surface area contributed by atoms with Crippen LogP contribution >= 0.6 is 11.8 Å². The summed E-state index contributed by atoms with van der Waals surface area (Å²) in [6, 6.07) is 0. The number of methoxy groups -OCH3 is 1. The predicted molar refractivity (Wildman–Crippen MR) is 77.0 cm³/mol. The topological polar surface area (TPSA) is 50.4 Å². The molecule has 0 spiro atoms. The van der Waals surface area contributed by atoms with Crippen molar-refractivity contribution in [1.82, 2.24) is 10.6 Å². The van der Waals surface area contributed by atoms with Gasteiger partial charge in [0.05, 0.1) is 12.0 Å². The number of carbonyl (C=O) groups excluding carboxylic acids is 1. The molecule has 0 aromatic heterocycles. The summed E-state index contributed by atoms with van der Waals surface area (Å²) in [6.07, 6.45) is 3.82. The van der Waals surface area contributed by atoms with Crippen LogP contribution in [0.2, 0.25) is 0 Å². The lowest BCUT2D eigenvalue weighted by atomic mass is 9.78. The van der Waals surface area contributed by atoms with Gasteiger partial charge >= 0.3 is 0 Å². The van der Waals surface area contributed by atoms with Gasteiger partial charge in [-0.1, -0.05) is 6.92 Å². The van der Waals surface area contributed by atoms with Crippen molar-refractivity contribution in [2.24, 2.45) is 11.3 Å². The molecule has 1 atom stereocenters. The van der Waals surface area contributed by atoms with Gasteiger partial charge in [-0.2, -0.15) is 11.8 Å². The fourth-order valence-electron chi connectivity index (χ4n) is 2.42. The molecule has 1 saturated heterocycles. The average Bonchev–Trinajstić information content (AvgIpc) is 2.38. The van der Waals surface area contributed by atoms with Gasteiger partial charge in [0.2, 0.25) is 5.91 Å². The van der Waals surface area contributed by atoms with E-state index in [0.717, 1.165) is 38.2 Å². The third kappa shape index (κ3) is 4.44. The smallest absolute Gasteiger partial charge is 0.228 e. The number of amides is 1. The molecule has 0 aliphatic carbocycles. The number of ether oxygens (including phenoxy) is 1. The van der Waals surface area contributed by atoms with Crippen molar-refractivity contribution in [3.63, 3.8) is 0 Å². The zero-order chi connectivity index (χ0) is 13.4. The van der Waals surface area contributed by atoms with E-state index in [0.29, 0.717) is 12.5 Å². The predicted octanol–water partition coefficient (Wildman–Crippen LogP) is 1.12. The highest BCUT2D eigenvalue weighted by molar-refractivity contribution is 7.98. The Morgan fingerprint density at radius 1 is 1.50 bits per heavy atom. The van der Waals surface area contributed by atoms with Crippen molar-refractivity contribution in [2.75, 3.05) is 45.4 Å². The fourth-order valence-corrected chi connectivity index (χ4v) is 3.10. The molecule has 5 heteroatoms. The molecule has 0 saturated carbocycles. The molecule has 1 unspecified atom stereocenters. The molecule has 1 heterocycles. The lowest BCUT2D eigenvalue weighted by Gasteiger charge is -2.35. The Balaban J connectivity index is 2.49. The molecular weight excluding hydrogens is 248 g/mol. The lowest BCUT2D eigenvalue weighted by molar-refractivity contribution is -0.136. The second-order valence-corrected chi connectivity index (χ2v) is 6.14. The van der Waals surface area contributed by atoms with Crippen LogP contribution in [0.25, 0.3) is 0 Å². The van der Waals surface area contributed by atoms with Crippen molar-refractivity contribution in [3.05, 3.63) is 0 Å². The van der Waals surface area contributed by atoms with E-state index in [9.17, 15) is 4.79 Å². The molecule has 1 aliphatic rings. The van der Waals surface area contributed by atoms with E-state index >= 15 is 0 Å². The monoisotopic (exact) mass is 274 g/mol. The molecule has 4 nitrogen and oxygen atoms in total. The molecule has 0 radical (unpaired) electrons. The Morgan fingerprint density at radius 3 is 2.72 bits per heavy atom. The molecule has 18 heavy (non-hydrogen) atoms. The van der Waals surface area contributed by atoms with Crippen LogP contribution in [0.1, 0.15) is 19.8 Å². The highest BCUT2D eigenvalue weighted by Gasteiger charge is 2.39. The normalized spacial score (nSPS) is 20.4. The molecule has 0 bridgehead atoms. The number of hydrogen-bond acceptors (Lipinski definition) is 4. The SMILES string of the molecule is COCC1(C(=O)NCC(C)CSC)CCNCC1. The van der Waals surface area contributed by atoms with E-state index < -0.39 is 0 Å². The van der Waals surface area contributed by atoms with Gasteiger partial charge in [-0.05, 0) is 43.9 Å². The van der Waals surface area contributed by atoms with Gasteiger partial charge in [0.25, 0.3) is 0 Å². The quantitative estimate of drug-likeness (QED) is 0.730. The third-order valence-electron chi connectivity index (χ3n) is 3.53. The molecule has 0 aromatic carbocycles. The highest BCUT2D eigenvalue weighted by atomic mass is 32.2. The maximum atomic E-state index is 12.4. The van der Waals surface area contributed by atoms with Crippen molar-refractivity contribution in [3.8, 4) is 0 Å². The summed E-state index contributed by atoms with van der Waals surface area (Å²) in [5.74, 6) is 1.77. The summed E-state index contributed by atoms with van der Waals surface area (Å²) >= 11 is 1.82. The van der Waals surface area contributed by atoms with Crippen molar-refractivity contribution >= 4 is 17.7 Å². The van der Waals surface area contributed by atoms with Crippen LogP contribution in [0.3, 0.4) is 0 Å². The molecular formula is C13H26N2O2S. The van der Waals surface area contributed by atoms with Crippen LogP contribution < -0.4 is 10.6 Å². The molecule has 0 aromatic rings. The van der Waals surface area contributed by atoms with Gasteiger partial charge < -0.3 is 15.4 Å². The van der Waals surface area contributed by atoms with Crippen LogP contribution in [0, 0.1) is 11.3 Å². The third-order valence-corrected chi connectivity index (χ3v) is 4.43. The number of carbonyl (C=O) groups is 1. The zero-order valence-corrected chi connectivity index (χ0v) is 12.6. The maximum Gasteiger partial charge on any atom is 0.228 e.